The molecule has 0 saturated carbocycles. The monoisotopic (exact) mass is 127 g/mol. The maximum atomic E-state index is 3.46. The summed E-state index contributed by atoms with van der Waals surface area (Å²) in [6.45, 7) is 8.18. The molecule has 0 spiro atoms. The fourth-order valence-corrected chi connectivity index (χ4v) is 1.48. The molecule has 1 fully saturated rings. The van der Waals surface area contributed by atoms with Gasteiger partial charge in [0.1, 0.15) is 0 Å². The molecular weight excluding hydrogens is 110 g/mol. The Bertz CT molecular complexity index is 80.6. The van der Waals surface area contributed by atoms with Gasteiger partial charge in [-0.15, -0.1) is 0 Å². The van der Waals surface area contributed by atoms with Gasteiger partial charge in [-0.3, -0.25) is 0 Å². The highest BCUT2D eigenvalue weighted by atomic mass is 14.9. The van der Waals surface area contributed by atoms with Crippen LogP contribution in [0.25, 0.3) is 0 Å². The van der Waals surface area contributed by atoms with Gasteiger partial charge in [0.25, 0.3) is 0 Å². The lowest BCUT2D eigenvalue weighted by Gasteiger charge is -2.32. The van der Waals surface area contributed by atoms with E-state index in [2.05, 4.69) is 26.1 Å². The molecule has 1 N–H and O–H groups in total. The van der Waals surface area contributed by atoms with E-state index >= 15 is 0 Å². The minimum atomic E-state index is 0.730. The molecule has 9 heavy (non-hydrogen) atoms. The summed E-state index contributed by atoms with van der Waals surface area (Å²) in [6.07, 6.45) is 1.35. The molecule has 0 aromatic heterocycles. The third kappa shape index (κ3) is 1.45. The molecular formula is C8H17N. The molecule has 1 heteroatoms. The Morgan fingerprint density at radius 2 is 1.89 bits per heavy atom. The predicted octanol–water partition coefficient (Wildman–Crippen LogP) is 1.64. The molecule has 0 aromatic carbocycles. The summed E-state index contributed by atoms with van der Waals surface area (Å²) in [6, 6.07) is 0.730. The second-order valence-electron chi connectivity index (χ2n) is 3.37. The van der Waals surface area contributed by atoms with Crippen LogP contribution in [0.15, 0.2) is 0 Å². The standard InChI is InChI=1S/C8H17N/c1-6-4-5-9-8(3)7(6)2/h6-9H,4-5H2,1-3H3/t6-,7+,8+/m0/s1. The van der Waals surface area contributed by atoms with Gasteiger partial charge in [-0.2, -0.15) is 0 Å². The lowest BCUT2D eigenvalue weighted by Crippen LogP contribution is -2.41. The lowest BCUT2D eigenvalue weighted by atomic mass is 9.84. The second kappa shape index (κ2) is 2.70. The molecule has 0 bridgehead atoms. The van der Waals surface area contributed by atoms with Gasteiger partial charge >= 0.3 is 0 Å². The van der Waals surface area contributed by atoms with Crippen LogP contribution in [-0.4, -0.2) is 12.6 Å². The van der Waals surface area contributed by atoms with Gasteiger partial charge in [-0.25, -0.2) is 0 Å². The van der Waals surface area contributed by atoms with Crippen molar-refractivity contribution in [3.8, 4) is 0 Å². The third-order valence-corrected chi connectivity index (χ3v) is 2.75. The van der Waals surface area contributed by atoms with Gasteiger partial charge < -0.3 is 5.32 Å². The van der Waals surface area contributed by atoms with Gasteiger partial charge in [-0.1, -0.05) is 13.8 Å². The minimum absolute atomic E-state index is 0.730. The molecule has 1 saturated heterocycles. The number of nitrogens with one attached hydrogen (secondary N) is 1. The summed E-state index contributed by atoms with van der Waals surface area (Å²) in [4.78, 5) is 0. The molecule has 1 rings (SSSR count). The van der Waals surface area contributed by atoms with Crippen LogP contribution in [0.4, 0.5) is 0 Å². The first-order valence-electron chi connectivity index (χ1n) is 3.95. The van der Waals surface area contributed by atoms with E-state index < -0.39 is 0 Å². The van der Waals surface area contributed by atoms with Crippen molar-refractivity contribution in [1.29, 1.82) is 0 Å². The van der Waals surface area contributed by atoms with Crippen molar-refractivity contribution in [1.82, 2.24) is 5.32 Å². The molecule has 1 heterocycles. The van der Waals surface area contributed by atoms with Crippen molar-refractivity contribution in [2.45, 2.75) is 33.2 Å². The Morgan fingerprint density at radius 1 is 1.22 bits per heavy atom. The fraction of sp³-hybridized carbons (Fsp3) is 1.00. The highest BCUT2D eigenvalue weighted by Crippen LogP contribution is 2.21. The third-order valence-electron chi connectivity index (χ3n) is 2.75. The molecule has 54 valence electrons. The summed E-state index contributed by atoms with van der Waals surface area (Å²) >= 11 is 0. The fourth-order valence-electron chi connectivity index (χ4n) is 1.48. The maximum Gasteiger partial charge on any atom is 0.00669 e. The van der Waals surface area contributed by atoms with Crippen LogP contribution in [0.5, 0.6) is 0 Å². The van der Waals surface area contributed by atoms with Gasteiger partial charge in [0.05, 0.1) is 0 Å². The van der Waals surface area contributed by atoms with Crippen LogP contribution in [-0.2, 0) is 0 Å². The van der Waals surface area contributed by atoms with Crippen molar-refractivity contribution in [2.75, 3.05) is 6.54 Å². The van der Waals surface area contributed by atoms with Crippen molar-refractivity contribution in [3.63, 3.8) is 0 Å². The Kier molecular flexibility index (Phi) is 2.12. The predicted molar refractivity (Wildman–Crippen MR) is 40.4 cm³/mol. The van der Waals surface area contributed by atoms with E-state index in [1.807, 2.05) is 0 Å². The normalized spacial score (nSPS) is 45.0. The van der Waals surface area contributed by atoms with Crippen molar-refractivity contribution < 1.29 is 0 Å². The van der Waals surface area contributed by atoms with Crippen LogP contribution in [0.1, 0.15) is 27.2 Å². The highest BCUT2D eigenvalue weighted by molar-refractivity contribution is 4.78. The summed E-state index contributed by atoms with van der Waals surface area (Å²) < 4.78 is 0. The average molecular weight is 127 g/mol. The first-order valence-corrected chi connectivity index (χ1v) is 3.95. The Labute approximate surface area is 57.8 Å². The van der Waals surface area contributed by atoms with Crippen molar-refractivity contribution in [2.24, 2.45) is 11.8 Å². The molecule has 0 aromatic rings. The quantitative estimate of drug-likeness (QED) is 0.521. The molecule has 0 unspecified atom stereocenters. The first kappa shape index (κ1) is 7.07. The summed E-state index contributed by atoms with van der Waals surface area (Å²) in [5.41, 5.74) is 0. The zero-order chi connectivity index (χ0) is 6.85. The van der Waals surface area contributed by atoms with Crippen molar-refractivity contribution in [3.05, 3.63) is 0 Å². The van der Waals surface area contributed by atoms with Crippen molar-refractivity contribution >= 4 is 0 Å². The van der Waals surface area contributed by atoms with Crippen LogP contribution < -0.4 is 5.32 Å². The van der Waals surface area contributed by atoms with Gasteiger partial charge in [0, 0.05) is 6.04 Å². The zero-order valence-electron chi connectivity index (χ0n) is 6.65. The summed E-state index contributed by atoms with van der Waals surface area (Å²) in [5, 5.41) is 3.46. The minimum Gasteiger partial charge on any atom is -0.314 e. The maximum absolute atomic E-state index is 3.46. The Balaban J connectivity index is 2.41. The number of piperidine rings is 1. The highest BCUT2D eigenvalue weighted by Gasteiger charge is 2.22. The molecule has 3 atom stereocenters. The molecule has 0 aliphatic carbocycles. The first-order chi connectivity index (χ1) is 4.22. The topological polar surface area (TPSA) is 12.0 Å². The van der Waals surface area contributed by atoms with Crippen LogP contribution in [0.3, 0.4) is 0 Å². The Morgan fingerprint density at radius 3 is 2.33 bits per heavy atom. The zero-order valence-corrected chi connectivity index (χ0v) is 6.65. The largest absolute Gasteiger partial charge is 0.314 e. The molecule has 1 aliphatic heterocycles. The number of hydrogen-bond donors (Lipinski definition) is 1. The smallest absolute Gasteiger partial charge is 0.00669 e. The number of rotatable bonds is 0. The van der Waals surface area contributed by atoms with E-state index in [9.17, 15) is 0 Å². The SMILES string of the molecule is C[C@@H]1[C@@H](C)CCN[C@@H]1C. The van der Waals surface area contributed by atoms with E-state index in [1.165, 1.54) is 13.0 Å². The Hall–Kier alpha value is -0.0400. The van der Waals surface area contributed by atoms with Gasteiger partial charge in [0.15, 0.2) is 0 Å². The average Bonchev–Trinajstić information content (AvgIpc) is 1.83. The van der Waals surface area contributed by atoms with E-state index in [0.717, 1.165) is 17.9 Å². The molecule has 0 amide bonds. The van der Waals surface area contributed by atoms with E-state index in [0.29, 0.717) is 0 Å². The molecule has 0 radical (unpaired) electrons. The summed E-state index contributed by atoms with van der Waals surface area (Å²) in [5.74, 6) is 1.78. The molecule has 1 aliphatic rings. The summed E-state index contributed by atoms with van der Waals surface area (Å²) in [7, 11) is 0. The second-order valence-corrected chi connectivity index (χ2v) is 3.37. The van der Waals surface area contributed by atoms with Gasteiger partial charge in [0.2, 0.25) is 0 Å². The van der Waals surface area contributed by atoms with Crippen LogP contribution in [0, 0.1) is 11.8 Å². The van der Waals surface area contributed by atoms with E-state index in [4.69, 9.17) is 0 Å². The number of hydrogen-bond acceptors (Lipinski definition) is 1. The van der Waals surface area contributed by atoms with Gasteiger partial charge in [-0.05, 0) is 31.7 Å². The van der Waals surface area contributed by atoms with E-state index in [-0.39, 0.29) is 0 Å². The van der Waals surface area contributed by atoms with E-state index in [1.54, 1.807) is 0 Å². The molecule has 1 nitrogen and oxygen atoms in total. The lowest BCUT2D eigenvalue weighted by molar-refractivity contribution is 0.233. The van der Waals surface area contributed by atoms with Crippen LogP contribution in [0.2, 0.25) is 0 Å². The van der Waals surface area contributed by atoms with Crippen LogP contribution >= 0.6 is 0 Å².